The van der Waals surface area contributed by atoms with Crippen LogP contribution in [0, 0.1) is 0 Å². The van der Waals surface area contributed by atoms with Gasteiger partial charge in [0.2, 0.25) is 0 Å². The third kappa shape index (κ3) is 7.65. The Balaban J connectivity index is 1.17. The molecule has 2 aliphatic carbocycles. The molecule has 7 aromatic rings. The highest BCUT2D eigenvalue weighted by Gasteiger charge is 2.46. The molecule has 0 saturated heterocycles. The molecule has 0 spiro atoms. The van der Waals surface area contributed by atoms with Crippen molar-refractivity contribution in [2.45, 2.75) is 168 Å². The zero-order valence-electron chi connectivity index (χ0n) is 46.1. The molecule has 0 atom stereocenters. The maximum absolute atomic E-state index is 2.61. The molecule has 0 amide bonds. The van der Waals surface area contributed by atoms with Crippen LogP contribution in [0.3, 0.4) is 0 Å². The van der Waals surface area contributed by atoms with Crippen molar-refractivity contribution in [2.24, 2.45) is 0 Å². The van der Waals surface area contributed by atoms with Crippen LogP contribution >= 0.6 is 0 Å². The number of rotatable bonds is 4. The van der Waals surface area contributed by atoms with Crippen molar-refractivity contribution in [1.82, 2.24) is 0 Å². The summed E-state index contributed by atoms with van der Waals surface area (Å²) in [5.74, 6) is 0. The van der Waals surface area contributed by atoms with E-state index in [0.29, 0.717) is 0 Å². The summed E-state index contributed by atoms with van der Waals surface area (Å²) in [6, 6.07) is 53.4. The van der Waals surface area contributed by atoms with Gasteiger partial charge in [-0.1, -0.05) is 203 Å². The minimum Gasteiger partial charge on any atom is -0.311 e. The van der Waals surface area contributed by atoms with Gasteiger partial charge < -0.3 is 9.80 Å². The Kier molecular flexibility index (Phi) is 10.3. The van der Waals surface area contributed by atoms with Crippen molar-refractivity contribution in [3.63, 3.8) is 0 Å². The zero-order valence-corrected chi connectivity index (χ0v) is 46.1. The summed E-state index contributed by atoms with van der Waals surface area (Å²) in [4.78, 5) is 5.20. The normalized spacial score (nSPS) is 17.9. The summed E-state index contributed by atoms with van der Waals surface area (Å²) >= 11 is 0. The van der Waals surface area contributed by atoms with Crippen molar-refractivity contribution in [3.8, 4) is 22.3 Å². The molecule has 0 saturated carbocycles. The molecule has 2 aliphatic heterocycles. The van der Waals surface area contributed by atoms with Crippen molar-refractivity contribution in [2.75, 3.05) is 9.80 Å². The molecule has 71 heavy (non-hydrogen) atoms. The van der Waals surface area contributed by atoms with Crippen LogP contribution in [0.5, 0.6) is 0 Å². The number of hydrogen-bond acceptors (Lipinski definition) is 2. The number of hydrogen-bond donors (Lipinski definition) is 0. The molecule has 0 unspecified atom stereocenters. The highest BCUT2D eigenvalue weighted by atomic mass is 15.2. The van der Waals surface area contributed by atoms with E-state index in [2.05, 4.69) is 261 Å². The van der Waals surface area contributed by atoms with Gasteiger partial charge in [0.15, 0.2) is 0 Å². The number of fused-ring (bicyclic) bond motifs is 6. The largest absolute Gasteiger partial charge is 0.311 e. The van der Waals surface area contributed by atoms with E-state index >= 15 is 0 Å². The predicted octanol–water partition coefficient (Wildman–Crippen LogP) is 16.9. The number of anilines is 6. The molecule has 0 bridgehead atoms. The van der Waals surface area contributed by atoms with E-state index < -0.39 is 0 Å². The topological polar surface area (TPSA) is 6.48 Å². The molecular formula is C68H77BN2. The molecule has 0 aromatic heterocycles. The third-order valence-electron chi connectivity index (χ3n) is 17.3. The molecular weight excluding hydrogens is 856 g/mol. The van der Waals surface area contributed by atoms with Gasteiger partial charge in [-0.2, -0.15) is 0 Å². The lowest BCUT2D eigenvalue weighted by atomic mass is 9.33. The van der Waals surface area contributed by atoms with Crippen molar-refractivity contribution < 1.29 is 0 Å². The van der Waals surface area contributed by atoms with Crippen molar-refractivity contribution in [1.29, 1.82) is 0 Å². The van der Waals surface area contributed by atoms with E-state index in [4.69, 9.17) is 0 Å². The Morgan fingerprint density at radius 1 is 0.338 bits per heavy atom. The molecule has 0 fully saturated rings. The van der Waals surface area contributed by atoms with Gasteiger partial charge >= 0.3 is 0 Å². The smallest absolute Gasteiger partial charge is 0.252 e. The summed E-state index contributed by atoms with van der Waals surface area (Å²) in [5.41, 5.74) is 27.1. The van der Waals surface area contributed by atoms with E-state index in [9.17, 15) is 0 Å². The average Bonchev–Trinajstić information content (AvgIpc) is 3.61. The molecule has 4 aliphatic rings. The summed E-state index contributed by atoms with van der Waals surface area (Å²) < 4.78 is 0. The van der Waals surface area contributed by atoms with E-state index in [1.165, 1.54) is 112 Å². The Hall–Kier alpha value is -5.80. The minimum absolute atomic E-state index is 0.00529. The van der Waals surface area contributed by atoms with Crippen LogP contribution in [0.2, 0.25) is 0 Å². The fourth-order valence-corrected chi connectivity index (χ4v) is 13.9. The van der Waals surface area contributed by atoms with E-state index in [1.807, 2.05) is 0 Å². The van der Waals surface area contributed by atoms with Gasteiger partial charge in [0.05, 0.1) is 0 Å². The second kappa shape index (κ2) is 15.4. The maximum Gasteiger partial charge on any atom is 0.252 e. The zero-order chi connectivity index (χ0) is 50.7. The number of benzene rings is 7. The van der Waals surface area contributed by atoms with Gasteiger partial charge in [0, 0.05) is 34.1 Å². The van der Waals surface area contributed by atoms with Crippen LogP contribution in [-0.4, -0.2) is 6.71 Å². The van der Waals surface area contributed by atoms with Crippen molar-refractivity contribution in [3.05, 3.63) is 172 Å². The summed E-state index contributed by atoms with van der Waals surface area (Å²) in [6.45, 7) is 40.5. The standard InChI is InChI=1S/C68H77BN2/c1-62(2,3)46-23-28-50(29-24-46)71-58-33-25-47(63(4,5)6)37-56(58)69-55-36-45(44-21-31-52-54(35-44)68(16,17)41-66(52,12)13)22-32-57(55)70(59-38-48(64(7,8)9)39-60(71)61(59)69)49-26-18-42(19-27-49)43-20-30-51-53(34-43)67(14,15)40-65(51,10)11/h18-39H,40-41H2,1-17H3. The summed E-state index contributed by atoms with van der Waals surface area (Å²) in [5, 5.41) is 0. The van der Waals surface area contributed by atoms with E-state index in [-0.39, 0.29) is 44.6 Å². The van der Waals surface area contributed by atoms with Crippen LogP contribution < -0.4 is 26.2 Å². The van der Waals surface area contributed by atoms with Crippen molar-refractivity contribution >= 4 is 57.2 Å². The van der Waals surface area contributed by atoms with E-state index in [1.54, 1.807) is 0 Å². The summed E-state index contributed by atoms with van der Waals surface area (Å²) in [7, 11) is 0. The monoisotopic (exact) mass is 933 g/mol. The quantitative estimate of drug-likeness (QED) is 0.162. The molecule has 3 heteroatoms. The van der Waals surface area contributed by atoms with Gasteiger partial charge in [0.25, 0.3) is 6.71 Å². The minimum atomic E-state index is -0.107. The van der Waals surface area contributed by atoms with Crippen LogP contribution in [0.1, 0.15) is 169 Å². The second-order valence-electron chi connectivity index (χ2n) is 27.8. The molecule has 0 radical (unpaired) electrons. The Morgan fingerprint density at radius 3 is 1.18 bits per heavy atom. The molecule has 2 nitrogen and oxygen atoms in total. The second-order valence-corrected chi connectivity index (χ2v) is 27.8. The molecule has 11 rings (SSSR count). The lowest BCUT2D eigenvalue weighted by Crippen LogP contribution is -2.61. The van der Waals surface area contributed by atoms with Crippen LogP contribution in [0.15, 0.2) is 133 Å². The first kappa shape index (κ1) is 47.5. The van der Waals surface area contributed by atoms with Gasteiger partial charge in [0.1, 0.15) is 0 Å². The van der Waals surface area contributed by atoms with E-state index in [0.717, 1.165) is 12.8 Å². The van der Waals surface area contributed by atoms with Gasteiger partial charge in [-0.05, 0) is 177 Å². The average molecular weight is 933 g/mol. The first-order chi connectivity index (χ1) is 33.0. The highest BCUT2D eigenvalue weighted by molar-refractivity contribution is 7.00. The summed E-state index contributed by atoms with van der Waals surface area (Å²) in [6.07, 6.45) is 2.32. The van der Waals surface area contributed by atoms with Gasteiger partial charge in [-0.25, -0.2) is 0 Å². The molecule has 7 aromatic carbocycles. The van der Waals surface area contributed by atoms with Gasteiger partial charge in [-0.3, -0.25) is 0 Å². The van der Waals surface area contributed by atoms with Gasteiger partial charge in [-0.15, -0.1) is 0 Å². The Morgan fingerprint density at radius 2 is 0.704 bits per heavy atom. The Labute approximate surface area is 428 Å². The first-order valence-electron chi connectivity index (χ1n) is 26.6. The molecule has 0 N–H and O–H groups in total. The molecule has 362 valence electrons. The molecule has 2 heterocycles. The maximum atomic E-state index is 2.61. The third-order valence-corrected chi connectivity index (χ3v) is 17.3. The Bertz CT molecular complexity index is 3300. The predicted molar refractivity (Wildman–Crippen MR) is 309 cm³/mol. The van der Waals surface area contributed by atoms with Crippen LogP contribution in [-0.2, 0) is 37.9 Å². The SMILES string of the molecule is CC(C)(C)c1ccc(N2c3ccc(C(C)(C)C)cc3B3c4cc(-c5ccc6c(c5)C(C)(C)CC6(C)C)ccc4N(c4ccc(-c5ccc6c(c5)C(C)(C)CC6(C)C)cc4)c4cc(C(C)(C)C)cc2c43)cc1. The highest BCUT2D eigenvalue weighted by Crippen LogP contribution is 2.53. The van der Waals surface area contributed by atoms with Crippen LogP contribution in [0.4, 0.5) is 34.1 Å². The fraction of sp³-hybridized carbons (Fsp3) is 0.382. The first-order valence-corrected chi connectivity index (χ1v) is 26.6. The lowest BCUT2D eigenvalue weighted by molar-refractivity contribution is 0.402. The fourth-order valence-electron chi connectivity index (χ4n) is 13.9. The number of nitrogens with zero attached hydrogens (tertiary/aromatic N) is 2. The lowest BCUT2D eigenvalue weighted by Gasteiger charge is -2.45. The van der Waals surface area contributed by atoms with Crippen LogP contribution in [0.25, 0.3) is 22.3 Å².